The maximum absolute atomic E-state index is 5.97. The molecule has 0 aromatic heterocycles. The Bertz CT molecular complexity index is 205. The van der Waals surface area contributed by atoms with Gasteiger partial charge in [0, 0.05) is 12.6 Å². The molecular weight excluding hydrogens is 196 g/mol. The van der Waals surface area contributed by atoms with Crippen LogP contribution in [0.25, 0.3) is 0 Å². The third kappa shape index (κ3) is 2.78. The highest BCUT2D eigenvalue weighted by molar-refractivity contribution is 4.87. The Morgan fingerprint density at radius 1 is 1.12 bits per heavy atom. The second-order valence-electron chi connectivity index (χ2n) is 5.76. The van der Waals surface area contributed by atoms with Crippen LogP contribution in [0.1, 0.15) is 51.9 Å². The summed E-state index contributed by atoms with van der Waals surface area (Å²) in [6.07, 6.45) is 9.81. The van der Waals surface area contributed by atoms with Crippen LogP contribution in [0.5, 0.6) is 0 Å². The van der Waals surface area contributed by atoms with Gasteiger partial charge in [0.25, 0.3) is 0 Å². The molecule has 1 saturated carbocycles. The Kier molecular flexibility index (Phi) is 4.66. The topological polar surface area (TPSA) is 29.3 Å². The molecule has 0 aromatic carbocycles. The van der Waals surface area contributed by atoms with E-state index in [0.717, 1.165) is 24.4 Å². The van der Waals surface area contributed by atoms with Gasteiger partial charge in [-0.3, -0.25) is 4.90 Å². The van der Waals surface area contributed by atoms with Gasteiger partial charge < -0.3 is 5.73 Å². The SMILES string of the molecule is CCC1CCN(C2CCCCCC2CN)C1. The average Bonchev–Trinajstić information content (AvgIpc) is 2.66. The predicted molar refractivity (Wildman–Crippen MR) is 69.4 cm³/mol. The molecule has 0 amide bonds. The molecule has 1 aliphatic carbocycles. The normalized spacial score (nSPS) is 37.5. The van der Waals surface area contributed by atoms with E-state index < -0.39 is 0 Å². The van der Waals surface area contributed by atoms with Gasteiger partial charge >= 0.3 is 0 Å². The van der Waals surface area contributed by atoms with Gasteiger partial charge in [-0.2, -0.15) is 0 Å². The zero-order valence-corrected chi connectivity index (χ0v) is 10.8. The predicted octanol–water partition coefficient (Wildman–Crippen LogP) is 2.63. The van der Waals surface area contributed by atoms with Crippen molar-refractivity contribution in [3.05, 3.63) is 0 Å². The van der Waals surface area contributed by atoms with Crippen LogP contribution in [0, 0.1) is 11.8 Å². The largest absolute Gasteiger partial charge is 0.330 e. The lowest BCUT2D eigenvalue weighted by Gasteiger charge is -2.33. The Hall–Kier alpha value is -0.0800. The number of rotatable bonds is 3. The van der Waals surface area contributed by atoms with Crippen molar-refractivity contribution >= 4 is 0 Å². The Morgan fingerprint density at radius 3 is 2.62 bits per heavy atom. The standard InChI is InChI=1S/C14H28N2/c1-2-12-8-9-16(11-12)14-7-5-3-4-6-13(14)10-15/h12-14H,2-11,15H2,1H3. The highest BCUT2D eigenvalue weighted by Gasteiger charge is 2.32. The van der Waals surface area contributed by atoms with Crippen LogP contribution in [-0.4, -0.2) is 30.6 Å². The first-order valence-electron chi connectivity index (χ1n) is 7.29. The first-order chi connectivity index (χ1) is 7.85. The van der Waals surface area contributed by atoms with E-state index in [9.17, 15) is 0 Å². The number of hydrogen-bond donors (Lipinski definition) is 1. The zero-order chi connectivity index (χ0) is 11.4. The molecule has 1 aliphatic heterocycles. The van der Waals surface area contributed by atoms with Crippen molar-refractivity contribution in [1.29, 1.82) is 0 Å². The summed E-state index contributed by atoms with van der Waals surface area (Å²) in [4.78, 5) is 2.76. The van der Waals surface area contributed by atoms with Gasteiger partial charge in [0.2, 0.25) is 0 Å². The van der Waals surface area contributed by atoms with Gasteiger partial charge in [0.15, 0.2) is 0 Å². The lowest BCUT2D eigenvalue weighted by molar-refractivity contribution is 0.161. The molecule has 3 unspecified atom stereocenters. The van der Waals surface area contributed by atoms with Crippen LogP contribution in [0.2, 0.25) is 0 Å². The van der Waals surface area contributed by atoms with Gasteiger partial charge in [-0.1, -0.05) is 32.6 Å². The maximum Gasteiger partial charge on any atom is 0.0136 e. The van der Waals surface area contributed by atoms with Crippen molar-refractivity contribution in [2.45, 2.75) is 57.9 Å². The second-order valence-corrected chi connectivity index (χ2v) is 5.76. The van der Waals surface area contributed by atoms with Crippen LogP contribution in [0.3, 0.4) is 0 Å². The third-order valence-corrected chi connectivity index (χ3v) is 4.79. The van der Waals surface area contributed by atoms with Gasteiger partial charge in [0.1, 0.15) is 0 Å². The molecule has 0 spiro atoms. The molecule has 1 heterocycles. The number of nitrogens with two attached hydrogens (primary N) is 1. The molecular formula is C14H28N2. The lowest BCUT2D eigenvalue weighted by atomic mass is 9.93. The first-order valence-corrected chi connectivity index (χ1v) is 7.29. The van der Waals surface area contributed by atoms with Gasteiger partial charge in [-0.15, -0.1) is 0 Å². The van der Waals surface area contributed by atoms with Crippen molar-refractivity contribution < 1.29 is 0 Å². The summed E-state index contributed by atoms with van der Waals surface area (Å²) in [7, 11) is 0. The highest BCUT2D eigenvalue weighted by Crippen LogP contribution is 2.31. The molecule has 2 aliphatic rings. The van der Waals surface area contributed by atoms with Crippen molar-refractivity contribution in [2.24, 2.45) is 17.6 Å². The summed E-state index contributed by atoms with van der Waals surface area (Å²) >= 11 is 0. The number of hydrogen-bond acceptors (Lipinski definition) is 2. The Balaban J connectivity index is 1.94. The van der Waals surface area contributed by atoms with Gasteiger partial charge in [-0.05, 0) is 44.2 Å². The molecule has 2 rings (SSSR count). The van der Waals surface area contributed by atoms with E-state index in [1.165, 1.54) is 58.0 Å². The molecule has 2 heteroatoms. The first kappa shape index (κ1) is 12.4. The molecule has 16 heavy (non-hydrogen) atoms. The fraction of sp³-hybridized carbons (Fsp3) is 1.00. The molecule has 0 bridgehead atoms. The summed E-state index contributed by atoms with van der Waals surface area (Å²) in [6.45, 7) is 5.91. The van der Waals surface area contributed by atoms with Crippen molar-refractivity contribution in [3.8, 4) is 0 Å². The van der Waals surface area contributed by atoms with E-state index in [2.05, 4.69) is 11.8 Å². The molecule has 2 N–H and O–H groups in total. The van der Waals surface area contributed by atoms with Crippen LogP contribution >= 0.6 is 0 Å². The fourth-order valence-electron chi connectivity index (χ4n) is 3.62. The summed E-state index contributed by atoms with van der Waals surface area (Å²) in [5.74, 6) is 1.74. The lowest BCUT2D eigenvalue weighted by Crippen LogP contribution is -2.41. The molecule has 0 radical (unpaired) electrons. The Labute approximate surface area is 101 Å². The van der Waals surface area contributed by atoms with Crippen LogP contribution < -0.4 is 5.73 Å². The van der Waals surface area contributed by atoms with E-state index >= 15 is 0 Å². The van der Waals surface area contributed by atoms with E-state index in [1.807, 2.05) is 0 Å². The van der Waals surface area contributed by atoms with Crippen LogP contribution in [0.4, 0.5) is 0 Å². The summed E-state index contributed by atoms with van der Waals surface area (Å²) in [5, 5.41) is 0. The second kappa shape index (κ2) is 6.02. The minimum Gasteiger partial charge on any atom is -0.330 e. The minimum absolute atomic E-state index is 0.776. The highest BCUT2D eigenvalue weighted by atomic mass is 15.2. The molecule has 1 saturated heterocycles. The van der Waals surface area contributed by atoms with E-state index in [1.54, 1.807) is 0 Å². The summed E-state index contributed by atoms with van der Waals surface area (Å²) in [6, 6.07) is 0.809. The molecule has 3 atom stereocenters. The average molecular weight is 224 g/mol. The van der Waals surface area contributed by atoms with E-state index in [4.69, 9.17) is 5.73 Å². The van der Waals surface area contributed by atoms with Crippen LogP contribution in [0.15, 0.2) is 0 Å². The van der Waals surface area contributed by atoms with Crippen molar-refractivity contribution in [3.63, 3.8) is 0 Å². The van der Waals surface area contributed by atoms with Crippen molar-refractivity contribution in [1.82, 2.24) is 4.90 Å². The zero-order valence-electron chi connectivity index (χ0n) is 10.8. The number of nitrogens with zero attached hydrogens (tertiary/aromatic N) is 1. The molecule has 2 fully saturated rings. The quantitative estimate of drug-likeness (QED) is 0.747. The summed E-state index contributed by atoms with van der Waals surface area (Å²) in [5.41, 5.74) is 5.97. The van der Waals surface area contributed by atoms with Gasteiger partial charge in [0.05, 0.1) is 0 Å². The van der Waals surface area contributed by atoms with Crippen molar-refractivity contribution in [2.75, 3.05) is 19.6 Å². The smallest absolute Gasteiger partial charge is 0.0136 e. The molecule has 0 aromatic rings. The minimum atomic E-state index is 0.776. The van der Waals surface area contributed by atoms with E-state index in [0.29, 0.717) is 0 Å². The Morgan fingerprint density at radius 2 is 1.94 bits per heavy atom. The maximum atomic E-state index is 5.97. The van der Waals surface area contributed by atoms with Gasteiger partial charge in [-0.25, -0.2) is 0 Å². The molecule has 94 valence electrons. The third-order valence-electron chi connectivity index (χ3n) is 4.79. The molecule has 2 nitrogen and oxygen atoms in total. The van der Waals surface area contributed by atoms with Crippen LogP contribution in [-0.2, 0) is 0 Å². The monoisotopic (exact) mass is 224 g/mol. The summed E-state index contributed by atoms with van der Waals surface area (Å²) < 4.78 is 0. The fourth-order valence-corrected chi connectivity index (χ4v) is 3.62. The number of likely N-dealkylation sites (tertiary alicyclic amines) is 1. The van der Waals surface area contributed by atoms with E-state index in [-0.39, 0.29) is 0 Å².